The lowest BCUT2D eigenvalue weighted by atomic mass is 9.99. The van der Waals surface area contributed by atoms with E-state index in [-0.39, 0.29) is 12.6 Å². The van der Waals surface area contributed by atoms with E-state index in [1.54, 1.807) is 6.92 Å². The molecule has 3 rings (SSSR count). The van der Waals surface area contributed by atoms with E-state index in [1.165, 1.54) is 11.3 Å². The molecule has 2 N–H and O–H groups in total. The number of ether oxygens (including phenoxy) is 1. The van der Waals surface area contributed by atoms with E-state index in [0.29, 0.717) is 11.3 Å². The number of benzene rings is 1. The predicted octanol–water partition coefficient (Wildman–Crippen LogP) is 3.43. The molecule has 2 heterocycles. The molecule has 0 saturated heterocycles. The Bertz CT molecular complexity index is 796. The minimum atomic E-state index is -0.484. The van der Waals surface area contributed by atoms with E-state index in [1.807, 2.05) is 48.7 Å². The van der Waals surface area contributed by atoms with Crippen molar-refractivity contribution in [3.8, 4) is 0 Å². The minimum absolute atomic E-state index is 0.195. The summed E-state index contributed by atoms with van der Waals surface area (Å²) in [6.07, 6.45) is 0. The summed E-state index contributed by atoms with van der Waals surface area (Å²) in [4.78, 5) is 25.4. The van der Waals surface area contributed by atoms with Gasteiger partial charge in [-0.05, 0) is 36.4 Å². The molecule has 0 saturated carbocycles. The zero-order valence-corrected chi connectivity index (χ0v) is 14.3. The second-order valence-corrected chi connectivity index (χ2v) is 6.55. The maximum atomic E-state index is 12.6. The number of thiophene rings is 1. The average molecular weight is 342 g/mol. The van der Waals surface area contributed by atoms with E-state index in [0.717, 1.165) is 16.0 Å². The third-order valence-electron chi connectivity index (χ3n) is 3.87. The van der Waals surface area contributed by atoms with E-state index in [9.17, 15) is 9.59 Å². The van der Waals surface area contributed by atoms with Crippen molar-refractivity contribution < 1.29 is 14.3 Å². The molecule has 0 spiro atoms. The van der Waals surface area contributed by atoms with Gasteiger partial charge in [0.2, 0.25) is 0 Å². The predicted molar refractivity (Wildman–Crippen MR) is 92.4 cm³/mol. The van der Waals surface area contributed by atoms with Crippen LogP contribution >= 0.6 is 11.3 Å². The zero-order valence-electron chi connectivity index (χ0n) is 13.5. The number of hydrogen-bond donors (Lipinski definition) is 2. The number of urea groups is 1. The Morgan fingerprint density at radius 1 is 1.21 bits per heavy atom. The minimum Gasteiger partial charge on any atom is -0.457 e. The number of esters is 1. The molecule has 124 valence electrons. The second-order valence-electron chi connectivity index (χ2n) is 5.60. The number of carbonyl (C=O) groups is 2. The van der Waals surface area contributed by atoms with Gasteiger partial charge in [-0.3, -0.25) is 0 Å². The number of rotatable bonds is 4. The van der Waals surface area contributed by atoms with Crippen LogP contribution in [0.15, 0.2) is 53.0 Å². The van der Waals surface area contributed by atoms with Crippen molar-refractivity contribution in [2.75, 3.05) is 0 Å². The van der Waals surface area contributed by atoms with Crippen LogP contribution in [-0.2, 0) is 16.1 Å². The molecule has 0 fully saturated rings. The first kappa shape index (κ1) is 16.3. The molecule has 1 aliphatic rings. The van der Waals surface area contributed by atoms with Gasteiger partial charge in [-0.15, -0.1) is 11.3 Å². The molecule has 2 amide bonds. The van der Waals surface area contributed by atoms with Crippen molar-refractivity contribution in [3.63, 3.8) is 0 Å². The maximum absolute atomic E-state index is 12.6. The zero-order chi connectivity index (χ0) is 17.1. The van der Waals surface area contributed by atoms with Gasteiger partial charge >= 0.3 is 12.0 Å². The summed E-state index contributed by atoms with van der Waals surface area (Å²) in [6.45, 7) is 3.87. The maximum Gasteiger partial charge on any atom is 0.338 e. The van der Waals surface area contributed by atoms with Crippen molar-refractivity contribution in [1.29, 1.82) is 0 Å². The lowest BCUT2D eigenvalue weighted by molar-refractivity contribution is -0.140. The highest BCUT2D eigenvalue weighted by atomic mass is 32.1. The van der Waals surface area contributed by atoms with Gasteiger partial charge in [0, 0.05) is 10.6 Å². The average Bonchev–Trinajstić information content (AvgIpc) is 2.99. The Hall–Kier alpha value is -2.60. The van der Waals surface area contributed by atoms with Crippen LogP contribution in [-0.4, -0.2) is 12.0 Å². The summed E-state index contributed by atoms with van der Waals surface area (Å²) in [5.74, 6) is -0.429. The molecule has 0 bridgehead atoms. The number of aryl methyl sites for hydroxylation is 1. The molecule has 1 aliphatic heterocycles. The van der Waals surface area contributed by atoms with Gasteiger partial charge in [-0.1, -0.05) is 30.3 Å². The van der Waals surface area contributed by atoms with Gasteiger partial charge in [0.25, 0.3) is 0 Å². The Kier molecular flexibility index (Phi) is 4.66. The van der Waals surface area contributed by atoms with Crippen LogP contribution < -0.4 is 10.6 Å². The van der Waals surface area contributed by atoms with Crippen molar-refractivity contribution >= 4 is 23.3 Å². The molecular weight excluding hydrogens is 324 g/mol. The molecule has 0 radical (unpaired) electrons. The fourth-order valence-electron chi connectivity index (χ4n) is 2.64. The van der Waals surface area contributed by atoms with Gasteiger partial charge in [0.05, 0.1) is 11.6 Å². The number of nitrogens with one attached hydrogen (secondary N) is 2. The van der Waals surface area contributed by atoms with Crippen molar-refractivity contribution in [2.24, 2.45) is 0 Å². The highest BCUT2D eigenvalue weighted by molar-refractivity contribution is 7.10. The molecule has 0 aliphatic carbocycles. The number of carbonyl (C=O) groups excluding carboxylic acids is 2. The molecule has 1 aromatic heterocycles. The fraction of sp³-hybridized carbons (Fsp3) is 0.222. The summed E-state index contributed by atoms with van der Waals surface area (Å²) in [7, 11) is 0. The Balaban J connectivity index is 1.84. The third kappa shape index (κ3) is 3.33. The Labute approximate surface area is 144 Å². The summed E-state index contributed by atoms with van der Waals surface area (Å²) in [5, 5.41) is 7.42. The van der Waals surface area contributed by atoms with Crippen LogP contribution in [0, 0.1) is 6.92 Å². The fourth-order valence-corrected chi connectivity index (χ4v) is 3.63. The van der Waals surface area contributed by atoms with Crippen LogP contribution in [0.1, 0.15) is 29.0 Å². The lowest BCUT2D eigenvalue weighted by Gasteiger charge is -2.27. The highest BCUT2D eigenvalue weighted by Crippen LogP contribution is 2.33. The second kappa shape index (κ2) is 6.88. The first-order chi connectivity index (χ1) is 11.6. The van der Waals surface area contributed by atoms with Gasteiger partial charge < -0.3 is 15.4 Å². The summed E-state index contributed by atoms with van der Waals surface area (Å²) >= 11 is 1.51. The van der Waals surface area contributed by atoms with Crippen molar-refractivity contribution in [3.05, 3.63) is 69.1 Å². The lowest BCUT2D eigenvalue weighted by Crippen LogP contribution is -2.45. The van der Waals surface area contributed by atoms with Crippen molar-refractivity contribution in [1.82, 2.24) is 10.6 Å². The summed E-state index contributed by atoms with van der Waals surface area (Å²) < 4.78 is 5.46. The first-order valence-electron chi connectivity index (χ1n) is 7.59. The van der Waals surface area contributed by atoms with Crippen LogP contribution in [0.25, 0.3) is 0 Å². The van der Waals surface area contributed by atoms with Gasteiger partial charge in [0.1, 0.15) is 6.61 Å². The van der Waals surface area contributed by atoms with Gasteiger partial charge in [-0.2, -0.15) is 0 Å². The molecule has 2 aromatic rings. The molecule has 6 heteroatoms. The number of amides is 2. The highest BCUT2D eigenvalue weighted by Gasteiger charge is 2.33. The Morgan fingerprint density at radius 3 is 2.62 bits per heavy atom. The Morgan fingerprint density at radius 2 is 1.96 bits per heavy atom. The largest absolute Gasteiger partial charge is 0.457 e. The van der Waals surface area contributed by atoms with Crippen LogP contribution in [0.5, 0.6) is 0 Å². The quantitative estimate of drug-likeness (QED) is 0.837. The molecule has 1 aromatic carbocycles. The van der Waals surface area contributed by atoms with E-state index >= 15 is 0 Å². The van der Waals surface area contributed by atoms with Gasteiger partial charge in [-0.25, -0.2) is 9.59 Å². The molecule has 0 unspecified atom stereocenters. The van der Waals surface area contributed by atoms with Gasteiger partial charge in [0.15, 0.2) is 0 Å². The van der Waals surface area contributed by atoms with E-state index in [2.05, 4.69) is 10.6 Å². The van der Waals surface area contributed by atoms with Crippen LogP contribution in [0.4, 0.5) is 4.79 Å². The SMILES string of the molecule is CC1=C(C(=O)OCc2ccccc2)[C@H](c2sccc2C)NC(=O)N1. The molecule has 5 nitrogen and oxygen atoms in total. The van der Waals surface area contributed by atoms with E-state index < -0.39 is 12.0 Å². The van der Waals surface area contributed by atoms with Crippen LogP contribution in [0.3, 0.4) is 0 Å². The number of hydrogen-bond acceptors (Lipinski definition) is 4. The van der Waals surface area contributed by atoms with Crippen molar-refractivity contribution in [2.45, 2.75) is 26.5 Å². The molecule has 24 heavy (non-hydrogen) atoms. The summed E-state index contributed by atoms with van der Waals surface area (Å²) in [6, 6.07) is 10.7. The standard InChI is InChI=1S/C18H18N2O3S/c1-11-8-9-24-16(11)15-14(12(2)19-18(22)20-15)17(21)23-10-13-6-4-3-5-7-13/h3-9,15H,10H2,1-2H3,(H2,19,20,22)/t15-/m1/s1. The third-order valence-corrected chi connectivity index (χ3v) is 4.95. The smallest absolute Gasteiger partial charge is 0.338 e. The number of allylic oxidation sites excluding steroid dienone is 1. The normalized spacial score (nSPS) is 17.2. The monoisotopic (exact) mass is 342 g/mol. The molecule has 1 atom stereocenters. The topological polar surface area (TPSA) is 67.4 Å². The van der Waals surface area contributed by atoms with Crippen LogP contribution in [0.2, 0.25) is 0 Å². The molecular formula is C18H18N2O3S. The first-order valence-corrected chi connectivity index (χ1v) is 8.47. The van der Waals surface area contributed by atoms with E-state index in [4.69, 9.17) is 4.74 Å². The summed E-state index contributed by atoms with van der Waals surface area (Å²) in [5.41, 5.74) is 2.92.